The molecule has 0 aliphatic rings. The van der Waals surface area contributed by atoms with Gasteiger partial charge >= 0.3 is 0 Å². The van der Waals surface area contributed by atoms with Gasteiger partial charge in [-0.3, -0.25) is 4.79 Å². The summed E-state index contributed by atoms with van der Waals surface area (Å²) in [5.74, 6) is -0.0245. The van der Waals surface area contributed by atoms with Crippen LogP contribution >= 0.6 is 0 Å². The highest BCUT2D eigenvalue weighted by molar-refractivity contribution is 5.95. The van der Waals surface area contributed by atoms with Gasteiger partial charge in [0.1, 0.15) is 6.33 Å². The van der Waals surface area contributed by atoms with Crippen molar-refractivity contribution < 1.29 is 4.79 Å². The summed E-state index contributed by atoms with van der Waals surface area (Å²) in [6.45, 7) is 4.51. The molecule has 1 aromatic rings. The summed E-state index contributed by atoms with van der Waals surface area (Å²) in [6, 6.07) is 0. The minimum Gasteiger partial charge on any atom is -0.329 e. The fraction of sp³-hybridized carbons (Fsp3) is 0.615. The summed E-state index contributed by atoms with van der Waals surface area (Å²) in [7, 11) is 0. The summed E-state index contributed by atoms with van der Waals surface area (Å²) < 4.78 is 0. The Morgan fingerprint density at radius 1 is 1.28 bits per heavy atom. The molecule has 0 spiro atoms. The molecule has 5 nitrogen and oxygen atoms in total. The monoisotopic (exact) mass is 250 g/mol. The van der Waals surface area contributed by atoms with Gasteiger partial charge < -0.3 is 11.1 Å². The molecule has 1 heterocycles. The second-order valence-corrected chi connectivity index (χ2v) is 4.57. The highest BCUT2D eigenvalue weighted by Crippen LogP contribution is 2.30. The number of nitrogens with one attached hydrogen (secondary N) is 1. The number of hydrogen-bond acceptors (Lipinski definition) is 4. The smallest absolute Gasteiger partial charge is 0.231 e. The fourth-order valence-corrected chi connectivity index (χ4v) is 2.23. The number of rotatable bonds is 7. The largest absolute Gasteiger partial charge is 0.329 e. The van der Waals surface area contributed by atoms with E-state index < -0.39 is 5.41 Å². The van der Waals surface area contributed by atoms with Gasteiger partial charge in [-0.25, -0.2) is 9.97 Å². The summed E-state index contributed by atoms with van der Waals surface area (Å²) >= 11 is 0. The van der Waals surface area contributed by atoms with Crippen molar-refractivity contribution in [1.82, 2.24) is 9.97 Å². The first kappa shape index (κ1) is 14.6. The van der Waals surface area contributed by atoms with Crippen molar-refractivity contribution in [3.8, 4) is 0 Å². The highest BCUT2D eigenvalue weighted by atomic mass is 16.2. The van der Waals surface area contributed by atoms with E-state index in [0.29, 0.717) is 12.2 Å². The first-order chi connectivity index (χ1) is 8.68. The summed E-state index contributed by atoms with van der Waals surface area (Å²) in [6.07, 6.45) is 8.09. The Kier molecular flexibility index (Phi) is 5.71. The van der Waals surface area contributed by atoms with Gasteiger partial charge in [0, 0.05) is 6.54 Å². The van der Waals surface area contributed by atoms with Crippen LogP contribution in [0.5, 0.6) is 0 Å². The van der Waals surface area contributed by atoms with Crippen molar-refractivity contribution in [2.24, 2.45) is 11.1 Å². The van der Waals surface area contributed by atoms with Crippen LogP contribution in [0, 0.1) is 5.41 Å². The Morgan fingerprint density at radius 3 is 2.28 bits per heavy atom. The summed E-state index contributed by atoms with van der Waals surface area (Å²) in [5, 5.41) is 2.86. The zero-order valence-corrected chi connectivity index (χ0v) is 11.1. The Labute approximate surface area is 108 Å². The average Bonchev–Trinajstić information content (AvgIpc) is 2.39. The Balaban J connectivity index is 2.82. The van der Waals surface area contributed by atoms with Crippen LogP contribution in [0.25, 0.3) is 0 Å². The molecule has 0 fully saturated rings. The predicted octanol–water partition coefficient (Wildman–Crippen LogP) is 1.96. The number of anilines is 1. The predicted molar refractivity (Wildman–Crippen MR) is 72.0 cm³/mol. The fourth-order valence-electron chi connectivity index (χ4n) is 2.23. The number of carbonyl (C=O) groups is 1. The third-order valence-electron chi connectivity index (χ3n) is 3.15. The van der Waals surface area contributed by atoms with Crippen LogP contribution in [0.1, 0.15) is 39.5 Å². The topological polar surface area (TPSA) is 80.9 Å². The maximum Gasteiger partial charge on any atom is 0.231 e. The van der Waals surface area contributed by atoms with Crippen LogP contribution in [0.3, 0.4) is 0 Å². The normalized spacial score (nSPS) is 11.3. The number of nitrogens with two attached hydrogens (primary N) is 1. The van der Waals surface area contributed by atoms with Gasteiger partial charge in [-0.15, -0.1) is 0 Å². The Bertz CT molecular complexity index is 361. The molecule has 1 amide bonds. The second kappa shape index (κ2) is 7.06. The zero-order valence-electron chi connectivity index (χ0n) is 11.1. The molecule has 100 valence electrons. The SMILES string of the molecule is CCCC(CN)(CCC)C(=O)Nc1cncnc1. The van der Waals surface area contributed by atoms with Crippen LogP contribution in [-0.2, 0) is 4.79 Å². The molecule has 18 heavy (non-hydrogen) atoms. The second-order valence-electron chi connectivity index (χ2n) is 4.57. The van der Waals surface area contributed by atoms with Crippen LogP contribution in [-0.4, -0.2) is 22.4 Å². The molecule has 0 aromatic carbocycles. The molecule has 3 N–H and O–H groups in total. The quantitative estimate of drug-likeness (QED) is 0.775. The van der Waals surface area contributed by atoms with Crippen LogP contribution in [0.4, 0.5) is 5.69 Å². The van der Waals surface area contributed by atoms with E-state index in [1.54, 1.807) is 12.4 Å². The number of hydrogen-bond donors (Lipinski definition) is 2. The third-order valence-corrected chi connectivity index (χ3v) is 3.15. The van der Waals surface area contributed by atoms with Crippen molar-refractivity contribution in [2.45, 2.75) is 39.5 Å². The van der Waals surface area contributed by atoms with E-state index in [2.05, 4.69) is 29.1 Å². The minimum absolute atomic E-state index is 0.0245. The van der Waals surface area contributed by atoms with Gasteiger partial charge in [-0.2, -0.15) is 0 Å². The van der Waals surface area contributed by atoms with Gasteiger partial charge in [-0.1, -0.05) is 26.7 Å². The summed E-state index contributed by atoms with van der Waals surface area (Å²) in [5.41, 5.74) is 5.99. The van der Waals surface area contributed by atoms with Crippen molar-refractivity contribution in [3.63, 3.8) is 0 Å². The number of aromatic nitrogens is 2. The van der Waals surface area contributed by atoms with Crippen LogP contribution in [0.15, 0.2) is 18.7 Å². The lowest BCUT2D eigenvalue weighted by molar-refractivity contribution is -0.126. The first-order valence-electron chi connectivity index (χ1n) is 6.45. The molecule has 0 radical (unpaired) electrons. The van der Waals surface area contributed by atoms with E-state index >= 15 is 0 Å². The zero-order chi connectivity index (χ0) is 13.4. The van der Waals surface area contributed by atoms with Crippen LogP contribution in [0.2, 0.25) is 0 Å². The van der Waals surface area contributed by atoms with E-state index in [1.807, 2.05) is 0 Å². The van der Waals surface area contributed by atoms with Gasteiger partial charge in [0.05, 0.1) is 23.5 Å². The highest BCUT2D eigenvalue weighted by Gasteiger charge is 2.35. The molecule has 1 rings (SSSR count). The van der Waals surface area contributed by atoms with Gasteiger partial charge in [-0.05, 0) is 12.8 Å². The molecule has 0 saturated heterocycles. The van der Waals surface area contributed by atoms with E-state index in [9.17, 15) is 4.79 Å². The van der Waals surface area contributed by atoms with Gasteiger partial charge in [0.15, 0.2) is 0 Å². The van der Waals surface area contributed by atoms with Gasteiger partial charge in [0.25, 0.3) is 0 Å². The molecule has 0 unspecified atom stereocenters. The molecule has 5 heteroatoms. The van der Waals surface area contributed by atoms with Crippen molar-refractivity contribution in [1.29, 1.82) is 0 Å². The van der Waals surface area contributed by atoms with Crippen molar-refractivity contribution >= 4 is 11.6 Å². The van der Waals surface area contributed by atoms with Gasteiger partial charge in [0.2, 0.25) is 5.91 Å². The molecule has 0 atom stereocenters. The first-order valence-corrected chi connectivity index (χ1v) is 6.45. The maximum absolute atomic E-state index is 12.4. The summed E-state index contributed by atoms with van der Waals surface area (Å²) in [4.78, 5) is 20.2. The van der Waals surface area contributed by atoms with Crippen molar-refractivity contribution in [3.05, 3.63) is 18.7 Å². The number of nitrogens with zero attached hydrogens (tertiary/aromatic N) is 2. The third kappa shape index (κ3) is 3.50. The lowest BCUT2D eigenvalue weighted by Crippen LogP contribution is -2.42. The van der Waals surface area contributed by atoms with E-state index in [4.69, 9.17) is 5.73 Å². The maximum atomic E-state index is 12.4. The molecule has 1 aromatic heterocycles. The number of carbonyl (C=O) groups excluding carboxylic acids is 1. The molecule has 0 aliphatic carbocycles. The lowest BCUT2D eigenvalue weighted by atomic mass is 9.78. The Hall–Kier alpha value is -1.49. The lowest BCUT2D eigenvalue weighted by Gasteiger charge is -2.30. The minimum atomic E-state index is -0.473. The molecule has 0 bridgehead atoms. The van der Waals surface area contributed by atoms with E-state index in [1.165, 1.54) is 6.33 Å². The molecule has 0 saturated carbocycles. The van der Waals surface area contributed by atoms with E-state index in [0.717, 1.165) is 25.7 Å². The molecule has 0 aliphatic heterocycles. The Morgan fingerprint density at radius 2 is 1.83 bits per heavy atom. The average molecular weight is 250 g/mol. The van der Waals surface area contributed by atoms with Crippen LogP contribution < -0.4 is 11.1 Å². The van der Waals surface area contributed by atoms with E-state index in [-0.39, 0.29) is 5.91 Å². The molecular formula is C13H22N4O. The molecular weight excluding hydrogens is 228 g/mol. The standard InChI is InChI=1S/C13H22N4O/c1-3-5-13(9-14,6-4-2)12(18)17-11-7-15-10-16-8-11/h7-8,10H,3-6,9,14H2,1-2H3,(H,17,18). The van der Waals surface area contributed by atoms with Crippen molar-refractivity contribution in [2.75, 3.05) is 11.9 Å². The number of amides is 1.